The molecule has 0 saturated carbocycles. The first-order chi connectivity index (χ1) is 0. The van der Waals surface area contributed by atoms with Gasteiger partial charge in [0.2, 0.25) is 0 Å². The molecule has 0 heterocycles. The summed E-state index contributed by atoms with van der Waals surface area (Å²) in [5.41, 5.74) is 0. The summed E-state index contributed by atoms with van der Waals surface area (Å²) in [7, 11) is 0. The Bertz CT molecular complexity index is 10.4. The van der Waals surface area contributed by atoms with E-state index in [1.165, 1.54) is 0 Å². The molecule has 0 aromatic rings. The number of hydrogen-bond donors (Lipinski definition) is 0. The Morgan fingerprint density at radius 3 is 0.375 bits per heavy atom. The number of halogens is 5. The fourth-order valence-electron chi connectivity index (χ4n) is 0. The third-order valence-electron chi connectivity index (χ3n) is 0. The van der Waals surface area contributed by atoms with Crippen LogP contribution in [0.5, 0.6) is 0 Å². The van der Waals surface area contributed by atoms with Crippen molar-refractivity contribution in [3.8, 4) is 0 Å². The van der Waals surface area contributed by atoms with E-state index in [1.54, 1.807) is 0 Å². The van der Waals surface area contributed by atoms with Gasteiger partial charge < -0.3 is 0 Å². The Morgan fingerprint density at radius 1 is 0.375 bits per heavy atom. The molecule has 0 spiro atoms. The molecular formula is H7Cl5Na2Ta. The van der Waals surface area contributed by atoms with Crippen molar-refractivity contribution in [3.63, 3.8) is 0 Å². The van der Waals surface area contributed by atoms with E-state index < -0.39 is 0 Å². The van der Waals surface area contributed by atoms with Gasteiger partial charge in [0.15, 0.2) is 0 Å². The molecule has 49 valence electrons. The van der Waals surface area contributed by atoms with Crippen LogP contribution in [0.4, 0.5) is 0 Å². The van der Waals surface area contributed by atoms with Gasteiger partial charge in [0.1, 0.15) is 0 Å². The Hall–Kier alpha value is 4.19. The minimum Gasteiger partial charge on any atom is 0 e. The SMILES string of the molecule is Cl.Cl.Cl.Cl.Cl.[NaH].[NaH].[Ta]. The van der Waals surface area contributed by atoms with Crippen LogP contribution in [0.25, 0.3) is 0 Å². The van der Waals surface area contributed by atoms with Crippen molar-refractivity contribution in [2.24, 2.45) is 0 Å². The summed E-state index contributed by atoms with van der Waals surface area (Å²) in [6.07, 6.45) is 0. The Kier molecular flexibility index (Phi) is 719. The molecule has 0 amide bonds. The molecule has 8 heteroatoms. The molecule has 0 atom stereocenters. The van der Waals surface area contributed by atoms with Crippen LogP contribution in [-0.2, 0) is 22.4 Å². The van der Waals surface area contributed by atoms with Crippen LogP contribution in [0.3, 0.4) is 0 Å². The maximum atomic E-state index is 0. The van der Waals surface area contributed by atoms with Crippen molar-refractivity contribution in [1.29, 1.82) is 0 Å². The van der Waals surface area contributed by atoms with Gasteiger partial charge in [-0.25, -0.2) is 0 Å². The molecule has 0 fully saturated rings. The number of rotatable bonds is 0. The van der Waals surface area contributed by atoms with Gasteiger partial charge in [0, 0.05) is 22.4 Å². The summed E-state index contributed by atoms with van der Waals surface area (Å²) < 4.78 is 0. The maximum absolute atomic E-state index is 0. The Labute approximate surface area is 141 Å². The third-order valence-corrected chi connectivity index (χ3v) is 0. The first-order valence-electron chi connectivity index (χ1n) is 0. The summed E-state index contributed by atoms with van der Waals surface area (Å²) in [5.74, 6) is 0. The summed E-state index contributed by atoms with van der Waals surface area (Å²) in [5, 5.41) is 0. The van der Waals surface area contributed by atoms with Crippen LogP contribution in [-0.4, -0.2) is 59.1 Å². The molecule has 0 aliphatic heterocycles. The molecule has 0 nitrogen and oxygen atoms in total. The average Bonchev–Trinajstić information content (AvgIpc) is 0. The van der Waals surface area contributed by atoms with E-state index in [4.69, 9.17) is 0 Å². The van der Waals surface area contributed by atoms with Gasteiger partial charge >= 0.3 is 59.1 Å². The van der Waals surface area contributed by atoms with E-state index in [1.807, 2.05) is 0 Å². The average molecular weight is 411 g/mol. The van der Waals surface area contributed by atoms with E-state index >= 15 is 0 Å². The molecule has 0 rings (SSSR count). The maximum Gasteiger partial charge on any atom is 0 e. The Balaban J connectivity index is 0. The molecule has 0 aliphatic carbocycles. The van der Waals surface area contributed by atoms with Crippen LogP contribution < -0.4 is 0 Å². The largest absolute Gasteiger partial charge is 0 e. The molecule has 8 heavy (non-hydrogen) atoms. The van der Waals surface area contributed by atoms with E-state index in [2.05, 4.69) is 0 Å². The fraction of sp³-hybridized carbons (Fsp3) is 0. The summed E-state index contributed by atoms with van der Waals surface area (Å²) in [6, 6.07) is 0. The van der Waals surface area contributed by atoms with Crippen LogP contribution in [0.2, 0.25) is 0 Å². The van der Waals surface area contributed by atoms with Crippen LogP contribution >= 0.6 is 62.0 Å². The van der Waals surface area contributed by atoms with Gasteiger partial charge in [-0.3, -0.25) is 0 Å². The smallest absolute Gasteiger partial charge is 0 e. The topological polar surface area (TPSA) is 0 Å². The van der Waals surface area contributed by atoms with Crippen molar-refractivity contribution in [2.75, 3.05) is 0 Å². The normalized spacial score (nSPS) is 0. The van der Waals surface area contributed by atoms with Crippen molar-refractivity contribution in [2.45, 2.75) is 0 Å². The fourth-order valence-corrected chi connectivity index (χ4v) is 0. The second-order valence-corrected chi connectivity index (χ2v) is 0. The second-order valence-electron chi connectivity index (χ2n) is 0. The third kappa shape index (κ3) is 49.0. The van der Waals surface area contributed by atoms with Crippen LogP contribution in [0, 0.1) is 0 Å². The standard InChI is InChI=1S/5ClH.2Na.Ta.2H/h5*1H;;;;;. The minimum absolute atomic E-state index is 0. The zero-order chi connectivity index (χ0) is 0. The van der Waals surface area contributed by atoms with E-state index in [0.717, 1.165) is 0 Å². The molecule has 0 N–H and O–H groups in total. The Morgan fingerprint density at radius 2 is 0.375 bits per heavy atom. The van der Waals surface area contributed by atoms with E-state index in [9.17, 15) is 0 Å². The molecule has 0 aliphatic rings. The van der Waals surface area contributed by atoms with Gasteiger partial charge in [-0.15, -0.1) is 62.0 Å². The summed E-state index contributed by atoms with van der Waals surface area (Å²) in [6.45, 7) is 0. The predicted molar refractivity (Wildman–Crippen MR) is 50.5 cm³/mol. The van der Waals surface area contributed by atoms with Gasteiger partial charge in [0.25, 0.3) is 0 Å². The van der Waals surface area contributed by atoms with Crippen molar-refractivity contribution >= 4 is 121 Å². The first kappa shape index (κ1) is 86.9. The molecule has 0 aromatic heterocycles. The molecule has 0 bridgehead atoms. The predicted octanol–water partition coefficient (Wildman–Crippen LogP) is 0.809. The summed E-state index contributed by atoms with van der Waals surface area (Å²) >= 11 is 0. The van der Waals surface area contributed by atoms with E-state index in [0.29, 0.717) is 0 Å². The summed E-state index contributed by atoms with van der Waals surface area (Å²) in [4.78, 5) is 0. The minimum atomic E-state index is 0. The molecular weight excluding hydrogens is 404 g/mol. The zero-order valence-corrected chi connectivity index (χ0v) is 9.78. The quantitative estimate of drug-likeness (QED) is 0.518. The first-order valence-corrected chi connectivity index (χ1v) is 0. The molecule has 1 radical (unpaired) electrons. The van der Waals surface area contributed by atoms with Crippen molar-refractivity contribution in [3.05, 3.63) is 0 Å². The zero-order valence-electron chi connectivity index (χ0n) is 2.49. The van der Waals surface area contributed by atoms with Gasteiger partial charge in [-0.05, 0) is 0 Å². The van der Waals surface area contributed by atoms with Crippen molar-refractivity contribution < 1.29 is 22.4 Å². The monoisotopic (exact) mass is 409 g/mol. The van der Waals surface area contributed by atoms with Gasteiger partial charge in [-0.1, -0.05) is 0 Å². The van der Waals surface area contributed by atoms with Gasteiger partial charge in [-0.2, -0.15) is 0 Å². The molecule has 0 saturated heterocycles. The van der Waals surface area contributed by atoms with Gasteiger partial charge in [0.05, 0.1) is 0 Å². The second kappa shape index (κ2) is 66.2. The number of hydrogen-bond acceptors (Lipinski definition) is 0. The van der Waals surface area contributed by atoms with E-state index in [-0.39, 0.29) is 144 Å². The molecule has 0 aromatic carbocycles. The molecule has 0 unspecified atom stereocenters. The van der Waals surface area contributed by atoms with Crippen LogP contribution in [0.1, 0.15) is 0 Å². The van der Waals surface area contributed by atoms with Crippen molar-refractivity contribution in [1.82, 2.24) is 0 Å². The van der Waals surface area contributed by atoms with Crippen LogP contribution in [0.15, 0.2) is 0 Å².